The normalized spacial score (nSPS) is 37.5. The molecule has 694 valence electrons. The molecule has 18 rings (SSSR count). The lowest BCUT2D eigenvalue weighted by Gasteiger charge is -2.34. The summed E-state index contributed by atoms with van der Waals surface area (Å²) in [6.07, 6.45) is 2.07. The van der Waals surface area contributed by atoms with Gasteiger partial charge in [-0.05, 0) is 85.0 Å². The van der Waals surface area contributed by atoms with Gasteiger partial charge in [-0.1, -0.05) is 39.5 Å². The molecule has 0 aromatic carbocycles. The van der Waals surface area contributed by atoms with Gasteiger partial charge in [0, 0.05) is 94.1 Å². The van der Waals surface area contributed by atoms with Crippen LogP contribution in [0.15, 0.2) is 74.4 Å². The zero-order valence-electron chi connectivity index (χ0n) is 70.2. The molecule has 32 unspecified atom stereocenters. The van der Waals surface area contributed by atoms with Crippen molar-refractivity contribution in [2.75, 3.05) is 39.6 Å². The standard InChI is InChI=1S/2C15H15NO6.C15H16O8.2C14H13NO6.C14H14O8/c1-7(2)13(18)20-5-10(17)21-11-8-3-9-12(11)22-14(19)15(9,4-8)6-16;1-6(2)14(18)20-5-10(17)21-12-7-3-8-11(9(7)4-16)15(19)22-13(8)12;1-7(2)13(18)20-5-11(17)22-12-8-3-9-10(4-8)15(12,21-6-16)23-14(9)19;1-2-9(16)19-5-10(17)20-11-7-3-8-12(11)21-13(18)14(8,4-7)6-15;1-2-9(16)19-5-10(17)20-12-6-3-7-11(8(6)4-15)14(18)21-13(7)12;1-2-10(16)19-5-11(17)21-12-7-3-8-9(4-7)14(12,20-6-15)22-13(8)18/h8-9,11-12H,1,3-5H2,2H3;7-9,11-13H,1,3,5H2,2H3;6,8-10,12H,1,3-5H2,2H3;2,7-8,11-12H,1,3-5H2;2,6-8,11-13H,1,3,5H2;2,6-9,12H,1,3-5H2. The Morgan fingerprint density at radius 1 is 0.382 bits per heavy atom. The van der Waals surface area contributed by atoms with E-state index >= 15 is 0 Å². The van der Waals surface area contributed by atoms with Crippen LogP contribution in [0.1, 0.15) is 85.0 Å². The van der Waals surface area contributed by atoms with Crippen LogP contribution in [-0.2, 0) is 191 Å². The fourth-order valence-corrected chi connectivity index (χ4v) is 22.4. The van der Waals surface area contributed by atoms with E-state index in [4.69, 9.17) is 80.5 Å². The Morgan fingerprint density at radius 2 is 0.687 bits per heavy atom. The van der Waals surface area contributed by atoms with E-state index in [1.54, 1.807) is 0 Å². The van der Waals surface area contributed by atoms with Crippen molar-refractivity contribution in [3.63, 3.8) is 0 Å². The molecule has 6 heterocycles. The molecular weight excluding hydrogens is 1740 g/mol. The van der Waals surface area contributed by atoms with Gasteiger partial charge in [-0.3, -0.25) is 38.4 Å². The van der Waals surface area contributed by atoms with Crippen LogP contribution in [0.2, 0.25) is 0 Å². The van der Waals surface area contributed by atoms with E-state index in [1.807, 2.05) is 0 Å². The summed E-state index contributed by atoms with van der Waals surface area (Å²) < 4.78 is 101. The Hall–Kier alpha value is -14.2. The summed E-state index contributed by atoms with van der Waals surface area (Å²) in [6, 6.07) is 8.42. The molecule has 0 radical (unpaired) electrons. The van der Waals surface area contributed by atoms with Gasteiger partial charge in [-0.15, -0.1) is 0 Å². The van der Waals surface area contributed by atoms with Crippen molar-refractivity contribution in [2.45, 2.75) is 158 Å². The average molecular weight is 1830 g/mol. The molecule has 18 fully saturated rings. The highest BCUT2D eigenvalue weighted by atomic mass is 16.8. The van der Waals surface area contributed by atoms with Crippen LogP contribution in [0.5, 0.6) is 0 Å². The Morgan fingerprint density at radius 3 is 0.985 bits per heavy atom. The van der Waals surface area contributed by atoms with Gasteiger partial charge in [-0.25, -0.2) is 57.5 Å². The topological polar surface area (TPSA) is 621 Å². The molecule has 0 spiro atoms. The third-order valence-corrected chi connectivity index (χ3v) is 27.5. The quantitative estimate of drug-likeness (QED) is 0.0450. The van der Waals surface area contributed by atoms with Crippen molar-refractivity contribution in [3.8, 4) is 24.3 Å². The molecule has 12 saturated carbocycles. The molecular formula is C87H86N4O40. The summed E-state index contributed by atoms with van der Waals surface area (Å²) >= 11 is 0. The molecule has 18 aliphatic rings. The maximum Gasteiger partial charge on any atom is 0.344 e. The van der Waals surface area contributed by atoms with Crippen LogP contribution in [0.4, 0.5) is 0 Å². The largest absolute Gasteiger partial charge is 0.458 e. The smallest absolute Gasteiger partial charge is 0.344 e. The minimum atomic E-state index is -1.54. The summed E-state index contributed by atoms with van der Waals surface area (Å²) in [7, 11) is 0. The number of esters is 18. The maximum absolute atomic E-state index is 11.9. The van der Waals surface area contributed by atoms with E-state index in [-0.39, 0.29) is 124 Å². The lowest BCUT2D eigenvalue weighted by molar-refractivity contribution is -0.253. The lowest BCUT2D eigenvalue weighted by Crippen LogP contribution is -2.51. The van der Waals surface area contributed by atoms with Crippen LogP contribution in [0, 0.1) is 163 Å². The number of hydrogen-bond acceptors (Lipinski definition) is 44. The van der Waals surface area contributed by atoms with Crippen LogP contribution < -0.4 is 0 Å². The average Bonchev–Trinajstić information content (AvgIpc) is 1.55. The van der Waals surface area contributed by atoms with E-state index in [2.05, 4.69) is 78.0 Å². The first-order valence-corrected chi connectivity index (χ1v) is 41.5. The van der Waals surface area contributed by atoms with Crippen LogP contribution in [0.25, 0.3) is 0 Å². The molecule has 32 atom stereocenters. The predicted molar refractivity (Wildman–Crippen MR) is 408 cm³/mol. The Balaban J connectivity index is 0.000000134. The summed E-state index contributed by atoms with van der Waals surface area (Å²) in [5.74, 6) is -18.7. The van der Waals surface area contributed by atoms with Gasteiger partial charge in [0.1, 0.15) is 48.8 Å². The molecule has 0 amide bonds. The van der Waals surface area contributed by atoms with Crippen molar-refractivity contribution >= 4 is 120 Å². The second kappa shape index (κ2) is 37.5. The van der Waals surface area contributed by atoms with Crippen LogP contribution in [-0.4, -0.2) is 233 Å². The van der Waals surface area contributed by atoms with Crippen molar-refractivity contribution < 1.29 is 191 Å². The molecule has 0 aromatic heterocycles. The molecule has 12 aliphatic carbocycles. The lowest BCUT2D eigenvalue weighted by atomic mass is 9.75. The van der Waals surface area contributed by atoms with Crippen LogP contribution >= 0.6 is 0 Å². The Bertz CT molecular complexity index is 5120. The molecule has 44 heteroatoms. The summed E-state index contributed by atoms with van der Waals surface area (Å²) in [5, 5.41) is 37.0. The fourth-order valence-electron chi connectivity index (χ4n) is 22.4. The molecule has 12 bridgehead atoms. The van der Waals surface area contributed by atoms with Crippen LogP contribution in [0.3, 0.4) is 0 Å². The number of carbonyl (C=O) groups excluding carboxylic acids is 20. The van der Waals surface area contributed by atoms with Gasteiger partial charge >= 0.3 is 107 Å². The number of hydrogen-bond donors (Lipinski definition) is 0. The van der Waals surface area contributed by atoms with Gasteiger partial charge in [0.05, 0.1) is 71.6 Å². The zero-order valence-corrected chi connectivity index (χ0v) is 70.2. The number of rotatable bonds is 28. The minimum absolute atomic E-state index is 0.0549. The summed E-state index contributed by atoms with van der Waals surface area (Å²) in [4.78, 5) is 230. The van der Waals surface area contributed by atoms with E-state index in [1.165, 1.54) is 20.8 Å². The van der Waals surface area contributed by atoms with E-state index < -0.39 is 242 Å². The second-order valence-electron chi connectivity index (χ2n) is 34.6. The predicted octanol–water partition coefficient (Wildman–Crippen LogP) is 0.711. The number of nitriles is 4. The Labute approximate surface area is 742 Å². The first-order chi connectivity index (χ1) is 62.3. The zero-order chi connectivity index (χ0) is 95.1. The SMILES string of the molecule is C=C(C)C(=O)OCC(=O)OC1C2CC3C(=O)OC1(OC=O)C3C2.C=C(C)C(=O)OCC(=O)OC1C2CC3C1OC(=O)C3(C#N)C2.C=C(C)C(=O)OCC(=O)OC1C2CC3C1OC(=O)C3C2C#N.C=CC(=O)OCC(=O)OC1C2CC3C(=O)OC1(OC=O)C3C2.C=CC(=O)OCC(=O)OC1C2CC3C1OC(=O)C3(C#N)C2.C=CC(=O)OCC(=O)OC1C2CC3C1OC(=O)C3C2C#N. The van der Waals surface area contributed by atoms with Crippen molar-refractivity contribution in [1.82, 2.24) is 0 Å². The molecule has 0 N–H and O–H groups in total. The second-order valence-corrected chi connectivity index (χ2v) is 34.6. The number of nitrogens with zero attached hydrogens (tertiary/aromatic N) is 4. The van der Waals surface area contributed by atoms with Crippen molar-refractivity contribution in [1.29, 1.82) is 21.0 Å². The highest BCUT2D eigenvalue weighted by Gasteiger charge is 2.78. The minimum Gasteiger partial charge on any atom is -0.458 e. The molecule has 131 heavy (non-hydrogen) atoms. The first-order valence-electron chi connectivity index (χ1n) is 41.5. The molecule has 6 aliphatic heterocycles. The number of ether oxygens (including phenoxy) is 20. The summed E-state index contributed by atoms with van der Waals surface area (Å²) in [6.45, 7) is 21.4. The summed E-state index contributed by atoms with van der Waals surface area (Å²) in [5.41, 5.74) is -1.59. The van der Waals surface area contributed by atoms with Gasteiger partial charge < -0.3 is 94.7 Å². The van der Waals surface area contributed by atoms with Gasteiger partial charge in [0.2, 0.25) is 0 Å². The Kier molecular flexibility index (Phi) is 27.0. The third-order valence-electron chi connectivity index (χ3n) is 27.5. The van der Waals surface area contributed by atoms with E-state index in [0.29, 0.717) is 64.2 Å². The first kappa shape index (κ1) is 94.4. The molecule has 0 aromatic rings. The van der Waals surface area contributed by atoms with Gasteiger partial charge in [0.25, 0.3) is 24.5 Å². The van der Waals surface area contributed by atoms with Crippen molar-refractivity contribution in [3.05, 3.63) is 74.4 Å². The fraction of sp³-hybridized carbons (Fsp3) is 0.586. The molecule has 6 saturated heterocycles. The monoisotopic (exact) mass is 1830 g/mol. The van der Waals surface area contributed by atoms with Crippen molar-refractivity contribution in [2.24, 2.45) is 117 Å². The van der Waals surface area contributed by atoms with Gasteiger partial charge in [-0.2, -0.15) is 21.0 Å². The number of fused-ring (bicyclic) bond motifs is 6. The molecule has 44 nitrogen and oxygen atoms in total. The van der Waals surface area contributed by atoms with E-state index in [0.717, 1.165) is 18.2 Å². The third kappa shape index (κ3) is 17.1. The highest BCUT2D eigenvalue weighted by Crippen LogP contribution is 2.67. The highest BCUT2D eigenvalue weighted by molar-refractivity contribution is 5.92. The van der Waals surface area contributed by atoms with E-state index in [9.17, 15) is 117 Å². The number of carbonyl (C=O) groups is 20. The van der Waals surface area contributed by atoms with Gasteiger partial charge in [0.15, 0.2) is 62.7 Å². The maximum atomic E-state index is 11.9.